The number of nitrogens with zero attached hydrogens (tertiary/aromatic N) is 3. The molecule has 2 amide bonds. The van der Waals surface area contributed by atoms with Crippen LogP contribution in [0.3, 0.4) is 0 Å². The lowest BCUT2D eigenvalue weighted by Crippen LogP contribution is -2.55. The van der Waals surface area contributed by atoms with Gasteiger partial charge in [-0.2, -0.15) is 0 Å². The van der Waals surface area contributed by atoms with Gasteiger partial charge in [-0.1, -0.05) is 0 Å². The second-order valence-corrected chi connectivity index (χ2v) is 5.40. The number of carboxylic acid groups (broad SMARTS) is 1. The predicted molar refractivity (Wildman–Crippen MR) is 74.1 cm³/mol. The van der Waals surface area contributed by atoms with Crippen molar-refractivity contribution in [1.82, 2.24) is 14.7 Å². The van der Waals surface area contributed by atoms with Gasteiger partial charge in [-0.3, -0.25) is 9.69 Å². The average molecular weight is 301 g/mol. The van der Waals surface area contributed by atoms with Crippen LogP contribution >= 0.6 is 0 Å². The number of hydrogen-bond acceptors (Lipinski definition) is 5. The van der Waals surface area contributed by atoms with E-state index in [0.717, 1.165) is 6.42 Å². The van der Waals surface area contributed by atoms with Gasteiger partial charge in [0.1, 0.15) is 0 Å². The average Bonchev–Trinajstić information content (AvgIpc) is 2.71. The normalized spacial score (nSPS) is 24.7. The second kappa shape index (κ2) is 7.58. The molecule has 0 radical (unpaired) electrons. The van der Waals surface area contributed by atoms with E-state index in [2.05, 4.69) is 0 Å². The van der Waals surface area contributed by atoms with Crippen LogP contribution in [0.1, 0.15) is 6.42 Å². The molecule has 0 bridgehead atoms. The third-order valence-electron chi connectivity index (χ3n) is 3.90. The van der Waals surface area contributed by atoms with Crippen LogP contribution in [0.2, 0.25) is 0 Å². The number of carbonyl (C=O) groups is 2. The van der Waals surface area contributed by atoms with Crippen molar-refractivity contribution >= 4 is 12.0 Å². The molecule has 2 aliphatic heterocycles. The van der Waals surface area contributed by atoms with Crippen LogP contribution in [0, 0.1) is 0 Å². The molecule has 0 aliphatic carbocycles. The summed E-state index contributed by atoms with van der Waals surface area (Å²) in [6, 6.07) is -0.376. The van der Waals surface area contributed by atoms with Crippen LogP contribution in [-0.2, 0) is 9.53 Å². The first-order valence-corrected chi connectivity index (χ1v) is 7.30. The number of carbonyl (C=O) groups excluding carboxylic acids is 1. The highest BCUT2D eigenvalue weighted by Crippen LogP contribution is 2.12. The number of carboxylic acids is 1. The fraction of sp³-hybridized carbons (Fsp3) is 0.846. The van der Waals surface area contributed by atoms with Crippen LogP contribution in [0.4, 0.5) is 4.79 Å². The summed E-state index contributed by atoms with van der Waals surface area (Å²) in [5, 5.41) is 18.2. The lowest BCUT2D eigenvalue weighted by molar-refractivity contribution is -0.138. The monoisotopic (exact) mass is 301 g/mol. The molecule has 1 unspecified atom stereocenters. The molecule has 1 atom stereocenters. The van der Waals surface area contributed by atoms with Gasteiger partial charge in [-0.25, -0.2) is 4.79 Å². The Morgan fingerprint density at radius 1 is 1.14 bits per heavy atom. The van der Waals surface area contributed by atoms with Crippen LogP contribution in [0.15, 0.2) is 0 Å². The third-order valence-corrected chi connectivity index (χ3v) is 3.90. The van der Waals surface area contributed by atoms with Crippen LogP contribution in [0.25, 0.3) is 0 Å². The van der Waals surface area contributed by atoms with E-state index in [1.54, 1.807) is 9.80 Å². The molecule has 120 valence electrons. The largest absolute Gasteiger partial charge is 0.480 e. The number of aliphatic carboxylic acids is 1. The zero-order valence-corrected chi connectivity index (χ0v) is 12.1. The molecular formula is C13H23N3O5. The van der Waals surface area contributed by atoms with Crippen molar-refractivity contribution in [3.8, 4) is 0 Å². The fourth-order valence-electron chi connectivity index (χ4n) is 2.75. The Labute approximate surface area is 123 Å². The van der Waals surface area contributed by atoms with Gasteiger partial charge in [0.25, 0.3) is 0 Å². The van der Waals surface area contributed by atoms with Crippen LogP contribution < -0.4 is 0 Å². The summed E-state index contributed by atoms with van der Waals surface area (Å²) in [7, 11) is 0. The van der Waals surface area contributed by atoms with Crippen molar-refractivity contribution < 1.29 is 24.5 Å². The summed E-state index contributed by atoms with van der Waals surface area (Å²) in [5.74, 6) is -0.844. The highest BCUT2D eigenvalue weighted by molar-refractivity contribution is 5.75. The maximum absolute atomic E-state index is 12.6. The number of amides is 2. The summed E-state index contributed by atoms with van der Waals surface area (Å²) in [4.78, 5) is 28.6. The van der Waals surface area contributed by atoms with Gasteiger partial charge < -0.3 is 24.7 Å². The van der Waals surface area contributed by atoms with E-state index in [-0.39, 0.29) is 25.2 Å². The molecule has 2 aliphatic rings. The lowest BCUT2D eigenvalue weighted by Gasteiger charge is -2.37. The van der Waals surface area contributed by atoms with Gasteiger partial charge >= 0.3 is 12.0 Å². The number of ether oxygens (including phenoxy) is 1. The number of rotatable bonds is 3. The zero-order chi connectivity index (χ0) is 15.2. The van der Waals surface area contributed by atoms with Crippen molar-refractivity contribution in [2.24, 2.45) is 0 Å². The standard InChI is InChI=1S/C13H23N3O5/c17-9-11-10-21-7-6-16(11)13(20)15-3-1-2-14(4-5-15)8-12(18)19/h11,17H,1-10H2,(H,18,19). The summed E-state index contributed by atoms with van der Waals surface area (Å²) in [6.07, 6.45) is 0.757. The van der Waals surface area contributed by atoms with E-state index in [1.165, 1.54) is 0 Å². The minimum atomic E-state index is -0.844. The summed E-state index contributed by atoms with van der Waals surface area (Å²) in [5.41, 5.74) is 0. The maximum atomic E-state index is 12.6. The van der Waals surface area contributed by atoms with Crippen LogP contribution in [-0.4, -0.2) is 102 Å². The van der Waals surface area contributed by atoms with Gasteiger partial charge in [0.15, 0.2) is 0 Å². The molecule has 2 rings (SSSR count). The number of urea groups is 1. The van der Waals surface area contributed by atoms with Gasteiger partial charge in [0.05, 0.1) is 32.4 Å². The molecule has 21 heavy (non-hydrogen) atoms. The first-order valence-electron chi connectivity index (χ1n) is 7.30. The van der Waals surface area contributed by atoms with E-state index in [1.807, 2.05) is 4.90 Å². The smallest absolute Gasteiger partial charge is 0.320 e. The minimum Gasteiger partial charge on any atom is -0.480 e. The van der Waals surface area contributed by atoms with Gasteiger partial charge in [-0.15, -0.1) is 0 Å². The van der Waals surface area contributed by atoms with Gasteiger partial charge in [0, 0.05) is 32.7 Å². The number of aliphatic hydroxyl groups excluding tert-OH is 1. The van der Waals surface area contributed by atoms with E-state index in [0.29, 0.717) is 45.9 Å². The molecule has 0 spiro atoms. The quantitative estimate of drug-likeness (QED) is 0.687. The molecule has 8 heteroatoms. The van der Waals surface area contributed by atoms with Crippen molar-refractivity contribution in [1.29, 1.82) is 0 Å². The van der Waals surface area contributed by atoms with E-state index < -0.39 is 5.97 Å². The first-order chi connectivity index (χ1) is 10.1. The second-order valence-electron chi connectivity index (χ2n) is 5.40. The molecule has 0 aromatic heterocycles. The van der Waals surface area contributed by atoms with Crippen molar-refractivity contribution in [2.45, 2.75) is 12.5 Å². The molecule has 0 aromatic carbocycles. The first kappa shape index (κ1) is 16.0. The topological polar surface area (TPSA) is 93.6 Å². The van der Waals surface area contributed by atoms with Crippen LogP contribution in [0.5, 0.6) is 0 Å². The summed E-state index contributed by atoms with van der Waals surface area (Å²) >= 11 is 0. The Morgan fingerprint density at radius 2 is 1.95 bits per heavy atom. The molecule has 0 aromatic rings. The van der Waals surface area contributed by atoms with E-state index in [4.69, 9.17) is 9.84 Å². The number of hydrogen-bond donors (Lipinski definition) is 2. The Bertz CT molecular complexity index is 379. The lowest BCUT2D eigenvalue weighted by atomic mass is 10.2. The Morgan fingerprint density at radius 3 is 2.67 bits per heavy atom. The molecule has 2 fully saturated rings. The molecule has 2 saturated heterocycles. The SMILES string of the molecule is O=C(O)CN1CCCN(C(=O)N2CCOCC2CO)CC1. The zero-order valence-electron chi connectivity index (χ0n) is 12.1. The molecule has 8 nitrogen and oxygen atoms in total. The predicted octanol–water partition coefficient (Wildman–Crippen LogP) is -1.11. The number of morpholine rings is 1. The van der Waals surface area contributed by atoms with Gasteiger partial charge in [0.2, 0.25) is 0 Å². The van der Waals surface area contributed by atoms with Gasteiger partial charge in [-0.05, 0) is 6.42 Å². The molecular weight excluding hydrogens is 278 g/mol. The fourth-order valence-corrected chi connectivity index (χ4v) is 2.75. The third kappa shape index (κ3) is 4.29. The maximum Gasteiger partial charge on any atom is 0.320 e. The van der Waals surface area contributed by atoms with E-state index in [9.17, 15) is 14.7 Å². The summed E-state index contributed by atoms with van der Waals surface area (Å²) < 4.78 is 5.28. The highest BCUT2D eigenvalue weighted by atomic mass is 16.5. The van der Waals surface area contributed by atoms with E-state index >= 15 is 0 Å². The van der Waals surface area contributed by atoms with Crippen molar-refractivity contribution in [3.63, 3.8) is 0 Å². The Kier molecular flexibility index (Phi) is 5.77. The van der Waals surface area contributed by atoms with Crippen molar-refractivity contribution in [2.75, 3.05) is 59.1 Å². The Balaban J connectivity index is 1.91. The van der Waals surface area contributed by atoms with Crippen molar-refractivity contribution in [3.05, 3.63) is 0 Å². The molecule has 2 N–H and O–H groups in total. The molecule has 2 heterocycles. The Hall–Kier alpha value is -1.38. The highest BCUT2D eigenvalue weighted by Gasteiger charge is 2.31. The minimum absolute atomic E-state index is 0.0127. The number of aliphatic hydroxyl groups is 1. The molecule has 0 saturated carbocycles. The summed E-state index contributed by atoms with van der Waals surface area (Å²) in [6.45, 7) is 3.62.